The highest BCUT2D eigenvalue weighted by Gasteiger charge is 2.02. The molecule has 5 N–H and O–H groups in total. The normalized spacial score (nSPS) is 9.20. The number of hydrazine groups is 1. The van der Waals surface area contributed by atoms with Crippen molar-refractivity contribution in [2.75, 3.05) is 12.4 Å². The molecular formula is C9H12N4OS. The Kier molecular flexibility index (Phi) is 4.02. The number of thiocarbonyl (C=S) groups is 1. The Balaban J connectivity index is 2.72. The summed E-state index contributed by atoms with van der Waals surface area (Å²) in [6.07, 6.45) is 0. The molecule has 0 saturated heterocycles. The molecule has 0 aliphatic heterocycles. The van der Waals surface area contributed by atoms with Crippen LogP contribution in [0.2, 0.25) is 0 Å². The highest BCUT2D eigenvalue weighted by atomic mass is 32.1. The van der Waals surface area contributed by atoms with Gasteiger partial charge >= 0.3 is 0 Å². The average molecular weight is 224 g/mol. The number of benzene rings is 1. The van der Waals surface area contributed by atoms with Gasteiger partial charge in [-0.05, 0) is 36.5 Å². The minimum Gasteiger partial charge on any atom is -0.355 e. The first-order valence-corrected chi connectivity index (χ1v) is 4.68. The smallest absolute Gasteiger partial charge is 0.251 e. The summed E-state index contributed by atoms with van der Waals surface area (Å²) in [5.41, 5.74) is 3.66. The van der Waals surface area contributed by atoms with E-state index in [9.17, 15) is 4.79 Å². The molecule has 1 aromatic rings. The van der Waals surface area contributed by atoms with Crippen LogP contribution in [-0.4, -0.2) is 18.1 Å². The maximum atomic E-state index is 11.2. The van der Waals surface area contributed by atoms with E-state index in [1.54, 1.807) is 31.3 Å². The first kappa shape index (κ1) is 11.4. The summed E-state index contributed by atoms with van der Waals surface area (Å²) in [5, 5.41) is 5.70. The summed E-state index contributed by atoms with van der Waals surface area (Å²) >= 11 is 4.82. The Bertz CT molecular complexity index is 363. The highest BCUT2D eigenvalue weighted by molar-refractivity contribution is 7.80. The zero-order valence-corrected chi connectivity index (χ0v) is 9.02. The molecule has 6 heteroatoms. The largest absolute Gasteiger partial charge is 0.355 e. The molecule has 1 rings (SSSR count). The van der Waals surface area contributed by atoms with Gasteiger partial charge in [0.2, 0.25) is 0 Å². The third-order valence-corrected chi connectivity index (χ3v) is 1.98. The van der Waals surface area contributed by atoms with Crippen LogP contribution in [0, 0.1) is 0 Å². The van der Waals surface area contributed by atoms with Crippen molar-refractivity contribution in [3.63, 3.8) is 0 Å². The molecule has 0 spiro atoms. The molecule has 0 unspecified atom stereocenters. The van der Waals surface area contributed by atoms with E-state index in [0.29, 0.717) is 10.7 Å². The molecule has 0 radical (unpaired) electrons. The highest BCUT2D eigenvalue weighted by Crippen LogP contribution is 2.09. The van der Waals surface area contributed by atoms with E-state index >= 15 is 0 Å². The number of nitrogens with one attached hydrogen (secondary N) is 3. The quantitative estimate of drug-likeness (QED) is 0.328. The van der Waals surface area contributed by atoms with Gasteiger partial charge in [-0.15, -0.1) is 0 Å². The summed E-state index contributed by atoms with van der Waals surface area (Å²) in [7, 11) is 1.59. The Morgan fingerprint density at radius 2 is 1.93 bits per heavy atom. The standard InChI is InChI=1S/C9H12N4OS/c1-11-8(14)6-2-4-7(5-3-6)12-9(15)13-10/h2-5H,10H2,1H3,(H,11,14)(H2,12,13,15). The van der Waals surface area contributed by atoms with Crippen LogP contribution in [-0.2, 0) is 0 Å². The van der Waals surface area contributed by atoms with Gasteiger partial charge in [-0.25, -0.2) is 5.84 Å². The minimum absolute atomic E-state index is 0.124. The maximum Gasteiger partial charge on any atom is 0.251 e. The van der Waals surface area contributed by atoms with Gasteiger partial charge < -0.3 is 16.1 Å². The topological polar surface area (TPSA) is 79.2 Å². The van der Waals surface area contributed by atoms with Crippen LogP contribution in [0.25, 0.3) is 0 Å². The van der Waals surface area contributed by atoms with Crippen LogP contribution in [0.1, 0.15) is 10.4 Å². The van der Waals surface area contributed by atoms with Crippen LogP contribution in [0.4, 0.5) is 5.69 Å². The summed E-state index contributed by atoms with van der Waals surface area (Å²) in [5.74, 6) is 4.98. The molecule has 15 heavy (non-hydrogen) atoms. The number of carbonyl (C=O) groups excluding carboxylic acids is 1. The first-order chi connectivity index (χ1) is 7.17. The Morgan fingerprint density at radius 1 is 1.33 bits per heavy atom. The van der Waals surface area contributed by atoms with Gasteiger partial charge in [-0.3, -0.25) is 4.79 Å². The number of rotatable bonds is 2. The van der Waals surface area contributed by atoms with Crippen molar-refractivity contribution in [1.29, 1.82) is 0 Å². The van der Waals surface area contributed by atoms with Crippen LogP contribution in [0.5, 0.6) is 0 Å². The summed E-state index contributed by atoms with van der Waals surface area (Å²) in [6.45, 7) is 0. The number of nitrogens with two attached hydrogens (primary N) is 1. The molecule has 1 amide bonds. The van der Waals surface area contributed by atoms with Gasteiger partial charge in [0, 0.05) is 18.3 Å². The van der Waals surface area contributed by atoms with Gasteiger partial charge in [0.25, 0.3) is 5.91 Å². The molecule has 0 fully saturated rings. The predicted octanol–water partition coefficient (Wildman–Crippen LogP) is 0.206. The third-order valence-electron chi connectivity index (χ3n) is 1.76. The van der Waals surface area contributed by atoms with Crippen LogP contribution in [0.15, 0.2) is 24.3 Å². The molecule has 0 bridgehead atoms. The molecule has 0 aliphatic rings. The zero-order valence-electron chi connectivity index (χ0n) is 8.20. The van der Waals surface area contributed by atoms with Gasteiger partial charge in [0.05, 0.1) is 0 Å². The van der Waals surface area contributed by atoms with E-state index in [2.05, 4.69) is 16.1 Å². The lowest BCUT2D eigenvalue weighted by atomic mass is 10.2. The third kappa shape index (κ3) is 3.19. The monoisotopic (exact) mass is 224 g/mol. The fourth-order valence-electron chi connectivity index (χ4n) is 1.02. The molecule has 0 aliphatic carbocycles. The molecular weight excluding hydrogens is 212 g/mol. The van der Waals surface area contributed by atoms with Crippen molar-refractivity contribution >= 4 is 28.9 Å². The van der Waals surface area contributed by atoms with Gasteiger partial charge in [-0.2, -0.15) is 0 Å². The Hall–Kier alpha value is -1.66. The molecule has 0 saturated carbocycles. The van der Waals surface area contributed by atoms with E-state index in [1.165, 1.54) is 0 Å². The van der Waals surface area contributed by atoms with Crippen molar-refractivity contribution in [2.45, 2.75) is 0 Å². The van der Waals surface area contributed by atoms with Crippen LogP contribution in [0.3, 0.4) is 0 Å². The zero-order chi connectivity index (χ0) is 11.3. The minimum atomic E-state index is -0.124. The second-order valence-corrected chi connectivity index (χ2v) is 3.16. The lowest BCUT2D eigenvalue weighted by Gasteiger charge is -2.07. The second kappa shape index (κ2) is 5.28. The van der Waals surface area contributed by atoms with E-state index in [1.807, 2.05) is 0 Å². The fraction of sp³-hybridized carbons (Fsp3) is 0.111. The van der Waals surface area contributed by atoms with Gasteiger partial charge in [0.15, 0.2) is 5.11 Å². The van der Waals surface area contributed by atoms with E-state index in [4.69, 9.17) is 18.1 Å². The van der Waals surface area contributed by atoms with Crippen molar-refractivity contribution in [1.82, 2.24) is 10.7 Å². The van der Waals surface area contributed by atoms with Gasteiger partial charge in [0.1, 0.15) is 0 Å². The molecule has 0 atom stereocenters. The van der Waals surface area contributed by atoms with E-state index in [0.717, 1.165) is 5.69 Å². The van der Waals surface area contributed by atoms with Crippen molar-refractivity contribution < 1.29 is 4.79 Å². The Labute approximate surface area is 93.0 Å². The fourth-order valence-corrected chi connectivity index (χ4v) is 1.13. The summed E-state index contributed by atoms with van der Waals surface area (Å²) in [6, 6.07) is 6.88. The van der Waals surface area contributed by atoms with Crippen LogP contribution < -0.4 is 21.9 Å². The molecule has 5 nitrogen and oxygen atoms in total. The lowest BCUT2D eigenvalue weighted by Crippen LogP contribution is -2.34. The van der Waals surface area contributed by atoms with Crippen molar-refractivity contribution in [2.24, 2.45) is 5.84 Å². The predicted molar refractivity (Wildman–Crippen MR) is 63.4 cm³/mol. The number of anilines is 1. The Morgan fingerprint density at radius 3 is 2.40 bits per heavy atom. The summed E-state index contributed by atoms with van der Waals surface area (Å²) < 4.78 is 0. The lowest BCUT2D eigenvalue weighted by molar-refractivity contribution is 0.0963. The SMILES string of the molecule is CNC(=O)c1ccc(NC(=S)NN)cc1. The molecule has 1 aromatic carbocycles. The number of amides is 1. The average Bonchev–Trinajstić information content (AvgIpc) is 2.29. The summed E-state index contributed by atoms with van der Waals surface area (Å²) in [4.78, 5) is 11.2. The molecule has 0 aromatic heterocycles. The maximum absolute atomic E-state index is 11.2. The van der Waals surface area contributed by atoms with Crippen LogP contribution >= 0.6 is 12.2 Å². The first-order valence-electron chi connectivity index (χ1n) is 4.27. The number of hydrogen-bond donors (Lipinski definition) is 4. The molecule has 0 heterocycles. The number of carbonyl (C=O) groups is 1. The second-order valence-electron chi connectivity index (χ2n) is 2.75. The van der Waals surface area contributed by atoms with Crippen molar-refractivity contribution in [3.8, 4) is 0 Å². The van der Waals surface area contributed by atoms with E-state index in [-0.39, 0.29) is 5.91 Å². The van der Waals surface area contributed by atoms with E-state index < -0.39 is 0 Å². The van der Waals surface area contributed by atoms with Crippen molar-refractivity contribution in [3.05, 3.63) is 29.8 Å². The molecule has 80 valence electrons. The number of hydrogen-bond acceptors (Lipinski definition) is 3. The van der Waals surface area contributed by atoms with Gasteiger partial charge in [-0.1, -0.05) is 0 Å².